The van der Waals surface area contributed by atoms with Gasteiger partial charge in [-0.25, -0.2) is 9.78 Å². The number of ether oxygens (including phenoxy) is 1. The number of amides is 1. The van der Waals surface area contributed by atoms with Gasteiger partial charge < -0.3 is 19.6 Å². The Kier molecular flexibility index (Phi) is 8.07. The van der Waals surface area contributed by atoms with Gasteiger partial charge in [0.1, 0.15) is 17.5 Å². The number of rotatable bonds is 9. The average molecular weight is 443 g/mol. The van der Waals surface area contributed by atoms with E-state index in [1.54, 1.807) is 13.8 Å². The standard InChI is InChI=1S/C25H34N2O5/c1-5-21-20(26-24(32-21)17-11-9-16(4)10-12-17)14-31-19-8-6-7-18(13-19)23(28)27-22(15(2)3)25(29)30/h9-12,15,18-19,22H,5-8,13-14H2,1-4H3,(H,27,28)(H,29,30)/t18-,19+,22-/m0/s1. The number of carboxylic acid groups (broad SMARTS) is 1. The molecule has 7 nitrogen and oxygen atoms in total. The summed E-state index contributed by atoms with van der Waals surface area (Å²) in [6.07, 6.45) is 3.74. The average Bonchev–Trinajstić information content (AvgIpc) is 3.19. The molecule has 1 aliphatic rings. The topological polar surface area (TPSA) is 102 Å². The van der Waals surface area contributed by atoms with Gasteiger partial charge in [0.15, 0.2) is 0 Å². The molecule has 1 amide bonds. The van der Waals surface area contributed by atoms with Gasteiger partial charge in [0, 0.05) is 17.9 Å². The van der Waals surface area contributed by atoms with E-state index in [1.807, 2.05) is 38.1 Å². The minimum atomic E-state index is -1.00. The van der Waals surface area contributed by atoms with Gasteiger partial charge in [0.25, 0.3) is 0 Å². The molecule has 174 valence electrons. The number of carbonyl (C=O) groups excluding carboxylic acids is 1. The van der Waals surface area contributed by atoms with E-state index in [0.717, 1.165) is 42.7 Å². The second kappa shape index (κ2) is 10.8. The van der Waals surface area contributed by atoms with Crippen molar-refractivity contribution in [3.63, 3.8) is 0 Å². The second-order valence-electron chi connectivity index (χ2n) is 8.97. The SMILES string of the molecule is CCc1oc(-c2ccc(C)cc2)nc1CO[C@@H]1CCC[C@H](C(=O)N[C@H](C(=O)O)C(C)C)C1. The third kappa shape index (κ3) is 5.97. The van der Waals surface area contributed by atoms with Crippen LogP contribution in [0.3, 0.4) is 0 Å². The predicted molar refractivity (Wildman–Crippen MR) is 121 cm³/mol. The third-order valence-corrected chi connectivity index (χ3v) is 6.08. The van der Waals surface area contributed by atoms with Gasteiger partial charge >= 0.3 is 5.97 Å². The van der Waals surface area contributed by atoms with Crippen LogP contribution < -0.4 is 5.32 Å². The number of carbonyl (C=O) groups is 2. The molecule has 0 bridgehead atoms. The molecule has 2 aromatic rings. The zero-order chi connectivity index (χ0) is 23.3. The number of hydrogen-bond donors (Lipinski definition) is 2. The van der Waals surface area contributed by atoms with Gasteiger partial charge in [-0.05, 0) is 44.2 Å². The van der Waals surface area contributed by atoms with Crippen molar-refractivity contribution in [2.75, 3.05) is 0 Å². The fourth-order valence-electron chi connectivity index (χ4n) is 4.11. The maximum Gasteiger partial charge on any atom is 0.326 e. The zero-order valence-electron chi connectivity index (χ0n) is 19.4. The summed E-state index contributed by atoms with van der Waals surface area (Å²) >= 11 is 0. The predicted octanol–water partition coefficient (Wildman–Crippen LogP) is 4.51. The summed E-state index contributed by atoms with van der Waals surface area (Å²) in [5, 5.41) is 12.0. The molecule has 7 heteroatoms. The van der Waals surface area contributed by atoms with Crippen molar-refractivity contribution in [3.8, 4) is 11.5 Å². The first-order valence-corrected chi connectivity index (χ1v) is 11.5. The van der Waals surface area contributed by atoms with Crippen molar-refractivity contribution in [1.82, 2.24) is 10.3 Å². The number of carboxylic acids is 1. The molecule has 1 fully saturated rings. The number of aliphatic carboxylic acids is 1. The lowest BCUT2D eigenvalue weighted by Gasteiger charge is -2.29. The molecule has 1 saturated carbocycles. The lowest BCUT2D eigenvalue weighted by molar-refractivity contribution is -0.144. The highest BCUT2D eigenvalue weighted by Crippen LogP contribution is 2.29. The quantitative estimate of drug-likeness (QED) is 0.592. The molecule has 0 unspecified atom stereocenters. The Labute approximate surface area is 189 Å². The smallest absolute Gasteiger partial charge is 0.326 e. The van der Waals surface area contributed by atoms with Crippen molar-refractivity contribution < 1.29 is 23.8 Å². The molecule has 3 atom stereocenters. The minimum Gasteiger partial charge on any atom is -0.480 e. The van der Waals surface area contributed by atoms with Crippen LogP contribution in [0.1, 0.15) is 63.5 Å². The molecule has 0 aliphatic heterocycles. The number of aryl methyl sites for hydroxylation is 2. The summed E-state index contributed by atoms with van der Waals surface area (Å²) in [5.74, 6) is -0.201. The van der Waals surface area contributed by atoms with Gasteiger partial charge in [-0.15, -0.1) is 0 Å². The van der Waals surface area contributed by atoms with Gasteiger partial charge in [-0.2, -0.15) is 0 Å². The van der Waals surface area contributed by atoms with Gasteiger partial charge in [0.2, 0.25) is 11.8 Å². The molecule has 0 spiro atoms. The van der Waals surface area contributed by atoms with Crippen LogP contribution in [0.15, 0.2) is 28.7 Å². The van der Waals surface area contributed by atoms with Crippen molar-refractivity contribution in [2.45, 2.75) is 78.6 Å². The Bertz CT molecular complexity index is 919. The van der Waals surface area contributed by atoms with E-state index >= 15 is 0 Å². The first kappa shape index (κ1) is 24.0. The highest BCUT2D eigenvalue weighted by Gasteiger charge is 2.32. The van der Waals surface area contributed by atoms with Crippen LogP contribution in [-0.4, -0.2) is 34.1 Å². The second-order valence-corrected chi connectivity index (χ2v) is 8.97. The Hall–Kier alpha value is -2.67. The molecule has 1 aromatic carbocycles. The number of hydrogen-bond acceptors (Lipinski definition) is 5. The maximum absolute atomic E-state index is 12.7. The molecule has 1 heterocycles. The number of benzene rings is 1. The molecule has 2 N–H and O–H groups in total. The Balaban J connectivity index is 1.60. The van der Waals surface area contributed by atoms with Gasteiger partial charge in [-0.1, -0.05) is 44.9 Å². The highest BCUT2D eigenvalue weighted by atomic mass is 16.5. The summed E-state index contributed by atoms with van der Waals surface area (Å²) in [6.45, 7) is 7.98. The van der Waals surface area contributed by atoms with Crippen LogP contribution in [0, 0.1) is 18.8 Å². The molecule has 32 heavy (non-hydrogen) atoms. The lowest BCUT2D eigenvalue weighted by Crippen LogP contribution is -2.47. The fraction of sp³-hybridized carbons (Fsp3) is 0.560. The Morgan fingerprint density at radius 2 is 1.97 bits per heavy atom. The summed E-state index contributed by atoms with van der Waals surface area (Å²) < 4.78 is 12.1. The first-order valence-electron chi connectivity index (χ1n) is 11.5. The van der Waals surface area contributed by atoms with E-state index in [0.29, 0.717) is 18.9 Å². The van der Waals surface area contributed by atoms with E-state index in [2.05, 4.69) is 10.3 Å². The van der Waals surface area contributed by atoms with E-state index in [1.165, 1.54) is 5.56 Å². The molecular weight excluding hydrogens is 408 g/mol. The monoisotopic (exact) mass is 442 g/mol. The largest absolute Gasteiger partial charge is 0.480 e. The molecule has 1 aromatic heterocycles. The van der Waals surface area contributed by atoms with Crippen LogP contribution in [0.2, 0.25) is 0 Å². The van der Waals surface area contributed by atoms with E-state index in [4.69, 9.17) is 9.15 Å². The normalized spacial score (nSPS) is 19.7. The van der Waals surface area contributed by atoms with Crippen LogP contribution in [0.4, 0.5) is 0 Å². The Morgan fingerprint density at radius 3 is 2.59 bits per heavy atom. The first-order chi connectivity index (χ1) is 15.3. The number of nitrogens with one attached hydrogen (secondary N) is 1. The number of aromatic nitrogens is 1. The summed E-state index contributed by atoms with van der Waals surface area (Å²) in [5.41, 5.74) is 2.91. The number of nitrogens with zero attached hydrogens (tertiary/aromatic N) is 1. The molecule has 0 saturated heterocycles. The molecular formula is C25H34N2O5. The summed E-state index contributed by atoms with van der Waals surface area (Å²) in [7, 11) is 0. The summed E-state index contributed by atoms with van der Waals surface area (Å²) in [6, 6.07) is 7.19. The van der Waals surface area contributed by atoms with Crippen LogP contribution in [0.25, 0.3) is 11.5 Å². The minimum absolute atomic E-state index is 0.0638. The van der Waals surface area contributed by atoms with Crippen molar-refractivity contribution in [1.29, 1.82) is 0 Å². The van der Waals surface area contributed by atoms with E-state index in [-0.39, 0.29) is 23.8 Å². The number of oxazole rings is 1. The van der Waals surface area contributed by atoms with Crippen molar-refractivity contribution >= 4 is 11.9 Å². The third-order valence-electron chi connectivity index (χ3n) is 6.08. The fourth-order valence-corrected chi connectivity index (χ4v) is 4.11. The van der Waals surface area contributed by atoms with Crippen LogP contribution in [0.5, 0.6) is 0 Å². The summed E-state index contributed by atoms with van der Waals surface area (Å²) in [4.78, 5) is 28.7. The van der Waals surface area contributed by atoms with E-state index in [9.17, 15) is 14.7 Å². The van der Waals surface area contributed by atoms with Gasteiger partial charge in [-0.3, -0.25) is 4.79 Å². The Morgan fingerprint density at radius 1 is 1.25 bits per heavy atom. The highest BCUT2D eigenvalue weighted by molar-refractivity contribution is 5.85. The van der Waals surface area contributed by atoms with Crippen LogP contribution in [-0.2, 0) is 27.4 Å². The van der Waals surface area contributed by atoms with Crippen molar-refractivity contribution in [3.05, 3.63) is 41.3 Å². The van der Waals surface area contributed by atoms with Crippen LogP contribution >= 0.6 is 0 Å². The van der Waals surface area contributed by atoms with Gasteiger partial charge in [0.05, 0.1) is 12.7 Å². The maximum atomic E-state index is 12.7. The molecule has 3 rings (SSSR count). The lowest BCUT2D eigenvalue weighted by atomic mass is 9.86. The molecule has 0 radical (unpaired) electrons. The zero-order valence-corrected chi connectivity index (χ0v) is 19.4. The molecule has 1 aliphatic carbocycles. The van der Waals surface area contributed by atoms with Crippen molar-refractivity contribution in [2.24, 2.45) is 11.8 Å². The van der Waals surface area contributed by atoms with E-state index < -0.39 is 12.0 Å².